The first-order chi connectivity index (χ1) is 16.5. The number of thioether (sulfide) groups is 1. The third-order valence-corrected chi connectivity index (χ3v) is 7.19. The number of piperazine rings is 1. The van der Waals surface area contributed by atoms with Crippen molar-refractivity contribution in [2.24, 2.45) is 0 Å². The first kappa shape index (κ1) is 22.5. The molecule has 172 valence electrons. The van der Waals surface area contributed by atoms with Crippen molar-refractivity contribution in [3.63, 3.8) is 0 Å². The fourth-order valence-electron chi connectivity index (χ4n) is 4.17. The average molecular weight is 494 g/mol. The molecule has 2 aliphatic rings. The number of rotatable bonds is 5. The van der Waals surface area contributed by atoms with E-state index in [0.29, 0.717) is 41.8 Å². The quantitative estimate of drug-likeness (QED) is 0.458. The minimum Gasteiger partial charge on any atom is -0.368 e. The highest BCUT2D eigenvalue weighted by Crippen LogP contribution is 2.40. The highest BCUT2D eigenvalue weighted by Gasteiger charge is 2.43. The maximum Gasteiger partial charge on any atom is 0.283 e. The van der Waals surface area contributed by atoms with Crippen LogP contribution in [0.15, 0.2) is 94.4 Å². The molecule has 5 nitrogen and oxygen atoms in total. The number of carbonyl (C=O) groups excluding carboxylic acids is 2. The number of nitrogens with zero attached hydrogens (tertiary/aromatic N) is 3. The predicted molar refractivity (Wildman–Crippen MR) is 133 cm³/mol. The number of hydrogen-bond donors (Lipinski definition) is 0. The van der Waals surface area contributed by atoms with Gasteiger partial charge >= 0.3 is 0 Å². The zero-order chi connectivity index (χ0) is 23.7. The maximum absolute atomic E-state index is 14.6. The van der Waals surface area contributed by atoms with Gasteiger partial charge in [0.1, 0.15) is 16.4 Å². The molecule has 1 fully saturated rings. The third-order valence-electron chi connectivity index (χ3n) is 5.86. The Morgan fingerprint density at radius 3 is 2.03 bits per heavy atom. The summed E-state index contributed by atoms with van der Waals surface area (Å²) in [6.45, 7) is 2.54. The van der Waals surface area contributed by atoms with Crippen molar-refractivity contribution in [1.29, 1.82) is 0 Å². The van der Waals surface area contributed by atoms with Crippen molar-refractivity contribution >= 4 is 46.6 Å². The van der Waals surface area contributed by atoms with Gasteiger partial charge in [0.25, 0.3) is 11.8 Å². The van der Waals surface area contributed by atoms with Crippen LogP contribution in [-0.4, -0.2) is 42.9 Å². The smallest absolute Gasteiger partial charge is 0.283 e. The topological polar surface area (TPSA) is 43.9 Å². The summed E-state index contributed by atoms with van der Waals surface area (Å²) in [4.78, 5) is 33.3. The molecule has 2 aliphatic heterocycles. The summed E-state index contributed by atoms with van der Waals surface area (Å²) in [6, 6.07) is 23.0. The Kier molecular flexibility index (Phi) is 6.30. The molecule has 0 aromatic heterocycles. The summed E-state index contributed by atoms with van der Waals surface area (Å²) in [5.41, 5.74) is 1.40. The molecule has 0 unspecified atom stereocenters. The second-order valence-electron chi connectivity index (χ2n) is 7.94. The van der Waals surface area contributed by atoms with Gasteiger partial charge in [-0.25, -0.2) is 9.29 Å². The lowest BCUT2D eigenvalue weighted by atomic mass is 10.2. The lowest BCUT2D eigenvalue weighted by Crippen LogP contribution is -2.47. The van der Waals surface area contributed by atoms with Crippen LogP contribution in [0.1, 0.15) is 0 Å². The van der Waals surface area contributed by atoms with Gasteiger partial charge in [0.05, 0.1) is 5.69 Å². The van der Waals surface area contributed by atoms with Crippen LogP contribution in [-0.2, 0) is 9.59 Å². The lowest BCUT2D eigenvalue weighted by molar-refractivity contribution is -0.121. The average Bonchev–Trinajstić information content (AvgIpc) is 3.10. The number of para-hydroxylation sites is 2. The predicted octanol–water partition coefficient (Wildman–Crippen LogP) is 5.18. The minimum absolute atomic E-state index is 0.0374. The largest absolute Gasteiger partial charge is 0.368 e. The summed E-state index contributed by atoms with van der Waals surface area (Å²) in [5, 5.41) is 0.581. The van der Waals surface area contributed by atoms with Crippen LogP contribution in [0.2, 0.25) is 5.02 Å². The summed E-state index contributed by atoms with van der Waals surface area (Å²) in [5.74, 6) is -1.63. The van der Waals surface area contributed by atoms with Crippen molar-refractivity contribution in [3.8, 4) is 0 Å². The molecule has 2 amide bonds. The molecule has 3 aromatic carbocycles. The van der Waals surface area contributed by atoms with Crippen LogP contribution in [0.3, 0.4) is 0 Å². The molecular weight excluding hydrogens is 473 g/mol. The van der Waals surface area contributed by atoms with Gasteiger partial charge < -0.3 is 9.80 Å². The Bertz CT molecular complexity index is 1260. The van der Waals surface area contributed by atoms with E-state index in [9.17, 15) is 14.0 Å². The molecule has 0 bridgehead atoms. The fraction of sp³-hybridized carbons (Fsp3) is 0.154. The normalized spacial score (nSPS) is 16.6. The Labute approximate surface area is 206 Å². The van der Waals surface area contributed by atoms with Crippen molar-refractivity contribution in [2.45, 2.75) is 4.90 Å². The summed E-state index contributed by atoms with van der Waals surface area (Å²) >= 11 is 7.22. The molecule has 0 atom stereocenters. The Balaban J connectivity index is 1.47. The summed E-state index contributed by atoms with van der Waals surface area (Å²) in [6.07, 6.45) is 0. The highest BCUT2D eigenvalue weighted by molar-refractivity contribution is 8.04. The van der Waals surface area contributed by atoms with Crippen LogP contribution < -0.4 is 9.80 Å². The molecule has 0 radical (unpaired) electrons. The number of halogens is 2. The number of amides is 2. The fourth-order valence-corrected chi connectivity index (χ4v) is 5.29. The van der Waals surface area contributed by atoms with E-state index in [1.807, 2.05) is 23.1 Å². The molecule has 34 heavy (non-hydrogen) atoms. The summed E-state index contributed by atoms with van der Waals surface area (Å²) in [7, 11) is 0. The van der Waals surface area contributed by atoms with Gasteiger partial charge in [-0.05, 0) is 48.5 Å². The molecule has 0 saturated carbocycles. The zero-order valence-corrected chi connectivity index (χ0v) is 19.7. The lowest BCUT2D eigenvalue weighted by Gasteiger charge is -2.37. The van der Waals surface area contributed by atoms with E-state index in [0.717, 1.165) is 15.5 Å². The molecule has 0 aliphatic carbocycles. The number of benzene rings is 3. The van der Waals surface area contributed by atoms with Gasteiger partial charge in [0.2, 0.25) is 0 Å². The van der Waals surface area contributed by atoms with Gasteiger partial charge in [-0.2, -0.15) is 0 Å². The van der Waals surface area contributed by atoms with Crippen LogP contribution in [0.4, 0.5) is 15.8 Å². The first-order valence-electron chi connectivity index (χ1n) is 10.9. The van der Waals surface area contributed by atoms with Crippen molar-refractivity contribution < 1.29 is 14.0 Å². The van der Waals surface area contributed by atoms with Crippen LogP contribution in [0.5, 0.6) is 0 Å². The molecule has 0 N–H and O–H groups in total. The van der Waals surface area contributed by atoms with E-state index < -0.39 is 17.6 Å². The van der Waals surface area contributed by atoms with E-state index in [1.165, 1.54) is 30.0 Å². The highest BCUT2D eigenvalue weighted by atomic mass is 35.5. The van der Waals surface area contributed by atoms with Crippen LogP contribution >= 0.6 is 23.4 Å². The molecular formula is C26H21ClFN3O2S. The van der Waals surface area contributed by atoms with Gasteiger partial charge in [-0.1, -0.05) is 53.7 Å². The van der Waals surface area contributed by atoms with Crippen molar-refractivity contribution in [1.82, 2.24) is 4.90 Å². The molecule has 5 rings (SSSR count). The number of hydrogen-bond acceptors (Lipinski definition) is 5. The van der Waals surface area contributed by atoms with Crippen LogP contribution in [0, 0.1) is 5.82 Å². The minimum atomic E-state index is -0.616. The number of anilines is 2. The Morgan fingerprint density at radius 2 is 1.35 bits per heavy atom. The van der Waals surface area contributed by atoms with Crippen molar-refractivity contribution in [3.05, 3.63) is 100 Å². The number of carbonyl (C=O) groups is 2. The van der Waals surface area contributed by atoms with Crippen molar-refractivity contribution in [2.75, 3.05) is 36.0 Å². The second kappa shape index (κ2) is 9.52. The molecule has 1 saturated heterocycles. The molecule has 2 heterocycles. The summed E-state index contributed by atoms with van der Waals surface area (Å²) < 4.78 is 14.6. The SMILES string of the molecule is O=C1C(Sc2ccc(Cl)cc2)=C(N2CCN(c3ccccc3)CC2)C(=O)N1c1ccccc1F. The van der Waals surface area contributed by atoms with Gasteiger partial charge in [0.15, 0.2) is 0 Å². The first-order valence-corrected chi connectivity index (χ1v) is 12.1. The van der Waals surface area contributed by atoms with Gasteiger partial charge in [-0.15, -0.1) is 0 Å². The Morgan fingerprint density at radius 1 is 0.735 bits per heavy atom. The van der Waals surface area contributed by atoms with Gasteiger partial charge in [0, 0.05) is 41.8 Å². The molecule has 0 spiro atoms. The second-order valence-corrected chi connectivity index (χ2v) is 9.46. The third kappa shape index (κ3) is 4.29. The monoisotopic (exact) mass is 493 g/mol. The van der Waals surface area contributed by atoms with E-state index in [-0.39, 0.29) is 5.69 Å². The maximum atomic E-state index is 14.6. The van der Waals surface area contributed by atoms with E-state index >= 15 is 0 Å². The van der Waals surface area contributed by atoms with E-state index in [1.54, 1.807) is 30.3 Å². The molecule has 3 aromatic rings. The van der Waals surface area contributed by atoms with Crippen LogP contribution in [0.25, 0.3) is 0 Å². The number of imide groups is 1. The molecule has 8 heteroatoms. The van der Waals surface area contributed by atoms with E-state index in [4.69, 9.17) is 11.6 Å². The van der Waals surface area contributed by atoms with Gasteiger partial charge in [-0.3, -0.25) is 9.59 Å². The van der Waals surface area contributed by atoms with E-state index in [2.05, 4.69) is 17.0 Å². The standard InChI is InChI=1S/C26H21ClFN3O2S/c27-18-10-12-20(13-11-18)34-24-23(25(32)31(26(24)33)22-9-5-4-8-21(22)28)30-16-14-29(15-17-30)19-6-2-1-3-7-19/h1-13H,14-17H2. The zero-order valence-electron chi connectivity index (χ0n) is 18.2. The Hall–Kier alpha value is -3.29.